The van der Waals surface area contributed by atoms with Crippen LogP contribution in [0.25, 0.3) is 0 Å². The van der Waals surface area contributed by atoms with Crippen LogP contribution in [0.1, 0.15) is 33.6 Å². The van der Waals surface area contributed by atoms with E-state index < -0.39 is 0 Å². The van der Waals surface area contributed by atoms with Gasteiger partial charge in [0.05, 0.1) is 13.2 Å². The molecule has 0 aromatic rings. The van der Waals surface area contributed by atoms with Crippen molar-refractivity contribution in [2.75, 3.05) is 13.7 Å². The van der Waals surface area contributed by atoms with E-state index in [1.807, 2.05) is 6.92 Å². The Morgan fingerprint density at radius 1 is 1.53 bits per heavy atom. The third kappa shape index (κ3) is 2.08. The van der Waals surface area contributed by atoms with E-state index in [0.29, 0.717) is 18.1 Å². The van der Waals surface area contributed by atoms with Gasteiger partial charge in [0.1, 0.15) is 6.04 Å². The first-order chi connectivity index (χ1) is 7.98. The van der Waals surface area contributed by atoms with Crippen LogP contribution >= 0.6 is 0 Å². The van der Waals surface area contributed by atoms with Gasteiger partial charge in [0, 0.05) is 24.0 Å². The van der Waals surface area contributed by atoms with Gasteiger partial charge < -0.3 is 14.8 Å². The van der Waals surface area contributed by atoms with Gasteiger partial charge in [-0.25, -0.2) is 0 Å². The van der Waals surface area contributed by atoms with Gasteiger partial charge in [0.25, 0.3) is 0 Å². The molecule has 98 valence electrons. The molecule has 4 nitrogen and oxygen atoms in total. The zero-order valence-electron chi connectivity index (χ0n) is 11.2. The van der Waals surface area contributed by atoms with Crippen LogP contribution in [0.2, 0.25) is 0 Å². The van der Waals surface area contributed by atoms with Crippen molar-refractivity contribution in [2.45, 2.75) is 51.8 Å². The molecule has 2 rings (SSSR count). The number of hydrogen-bond acceptors (Lipinski definition) is 4. The summed E-state index contributed by atoms with van der Waals surface area (Å²) in [5, 5.41) is 3.40. The Morgan fingerprint density at radius 3 is 2.88 bits per heavy atom. The average molecular weight is 241 g/mol. The molecule has 17 heavy (non-hydrogen) atoms. The van der Waals surface area contributed by atoms with Crippen molar-refractivity contribution in [3.05, 3.63) is 0 Å². The van der Waals surface area contributed by atoms with Crippen molar-refractivity contribution in [1.29, 1.82) is 0 Å². The third-order valence-electron chi connectivity index (χ3n) is 4.32. The van der Waals surface area contributed by atoms with Crippen LogP contribution in [0.4, 0.5) is 0 Å². The van der Waals surface area contributed by atoms with Gasteiger partial charge in [0.15, 0.2) is 0 Å². The number of rotatable bonds is 3. The lowest BCUT2D eigenvalue weighted by molar-refractivity contribution is -0.195. The molecular formula is C13H23NO3. The van der Waals surface area contributed by atoms with Crippen molar-refractivity contribution in [3.8, 4) is 0 Å². The lowest BCUT2D eigenvalue weighted by atomic mass is 9.55. The van der Waals surface area contributed by atoms with Crippen LogP contribution in [-0.4, -0.2) is 37.9 Å². The monoisotopic (exact) mass is 241 g/mol. The highest BCUT2D eigenvalue weighted by atomic mass is 16.5. The minimum atomic E-state index is -0.243. The molecule has 3 unspecified atom stereocenters. The van der Waals surface area contributed by atoms with Gasteiger partial charge in [0.2, 0.25) is 0 Å². The molecule has 2 fully saturated rings. The van der Waals surface area contributed by atoms with Gasteiger partial charge in [-0.3, -0.25) is 4.79 Å². The summed E-state index contributed by atoms with van der Waals surface area (Å²) >= 11 is 0. The molecule has 1 aliphatic heterocycles. The first-order valence-corrected chi connectivity index (χ1v) is 6.44. The van der Waals surface area contributed by atoms with Crippen molar-refractivity contribution < 1.29 is 14.3 Å². The number of esters is 1. The molecule has 0 amide bonds. The van der Waals surface area contributed by atoms with Gasteiger partial charge in [-0.1, -0.05) is 13.8 Å². The summed E-state index contributed by atoms with van der Waals surface area (Å²) in [6, 6.07) is 0.106. The normalized spacial score (nSPS) is 36.6. The van der Waals surface area contributed by atoms with E-state index >= 15 is 0 Å². The fraction of sp³-hybridized carbons (Fsp3) is 0.923. The average Bonchev–Trinajstić information content (AvgIpc) is 2.34. The molecule has 0 radical (unpaired) electrons. The van der Waals surface area contributed by atoms with Crippen LogP contribution in [-0.2, 0) is 14.3 Å². The highest BCUT2D eigenvalue weighted by Gasteiger charge is 2.58. The first kappa shape index (κ1) is 12.8. The Labute approximate surface area is 103 Å². The van der Waals surface area contributed by atoms with E-state index in [1.165, 1.54) is 13.5 Å². The summed E-state index contributed by atoms with van der Waals surface area (Å²) in [6.45, 7) is 7.16. The van der Waals surface area contributed by atoms with Crippen molar-refractivity contribution >= 4 is 5.97 Å². The molecule has 0 aromatic heterocycles. The summed E-state index contributed by atoms with van der Waals surface area (Å²) in [5.41, 5.74) is 0.105. The number of fused-ring (bicyclic) bond motifs is 1. The maximum Gasteiger partial charge on any atom is 0.322 e. The van der Waals surface area contributed by atoms with Crippen LogP contribution in [0, 0.1) is 11.3 Å². The lowest BCUT2D eigenvalue weighted by Crippen LogP contribution is -2.70. The first-order valence-electron chi connectivity index (χ1n) is 6.44. The third-order valence-corrected chi connectivity index (χ3v) is 4.32. The summed E-state index contributed by atoms with van der Waals surface area (Å²) in [5.74, 6) is 0.354. The molecule has 1 N–H and O–H groups in total. The summed E-state index contributed by atoms with van der Waals surface area (Å²) < 4.78 is 10.6. The van der Waals surface area contributed by atoms with Crippen LogP contribution in [0.5, 0.6) is 0 Å². The molecule has 1 saturated heterocycles. The van der Waals surface area contributed by atoms with E-state index in [2.05, 4.69) is 19.2 Å². The highest BCUT2D eigenvalue weighted by molar-refractivity contribution is 5.75. The quantitative estimate of drug-likeness (QED) is 0.758. The summed E-state index contributed by atoms with van der Waals surface area (Å²) in [7, 11) is 1.43. The Balaban J connectivity index is 1.98. The summed E-state index contributed by atoms with van der Waals surface area (Å²) in [4.78, 5) is 11.4. The van der Waals surface area contributed by atoms with Crippen molar-refractivity contribution in [2.24, 2.45) is 11.3 Å². The Bertz CT molecular complexity index is 303. The highest BCUT2D eigenvalue weighted by Crippen LogP contribution is 2.51. The lowest BCUT2D eigenvalue weighted by Gasteiger charge is -2.60. The van der Waals surface area contributed by atoms with Gasteiger partial charge in [-0.2, -0.15) is 0 Å². The number of methoxy groups -OCH3 is 1. The molecule has 4 heteroatoms. The largest absolute Gasteiger partial charge is 0.468 e. The fourth-order valence-corrected chi connectivity index (χ4v) is 3.37. The number of carbonyl (C=O) groups excluding carboxylic acids is 1. The predicted octanol–water partition coefficient (Wildman–Crippen LogP) is 1.34. The van der Waals surface area contributed by atoms with Gasteiger partial charge in [-0.05, 0) is 19.8 Å². The van der Waals surface area contributed by atoms with E-state index in [9.17, 15) is 4.79 Å². The Morgan fingerprint density at radius 2 is 2.24 bits per heavy atom. The molecule has 4 atom stereocenters. The molecule has 1 heterocycles. The second-order valence-corrected chi connectivity index (χ2v) is 5.81. The predicted molar refractivity (Wildman–Crippen MR) is 64.6 cm³/mol. The topological polar surface area (TPSA) is 47.6 Å². The zero-order valence-corrected chi connectivity index (χ0v) is 11.2. The maximum absolute atomic E-state index is 11.4. The molecule has 0 spiro atoms. The molecular weight excluding hydrogens is 218 g/mol. The Hall–Kier alpha value is -0.610. The second kappa shape index (κ2) is 4.58. The number of carbonyl (C=O) groups is 1. The molecule has 0 bridgehead atoms. The van der Waals surface area contributed by atoms with Crippen molar-refractivity contribution in [1.82, 2.24) is 5.32 Å². The zero-order chi connectivity index (χ0) is 12.6. The molecule has 0 aromatic carbocycles. The second-order valence-electron chi connectivity index (χ2n) is 5.81. The Kier molecular flexibility index (Phi) is 3.46. The van der Waals surface area contributed by atoms with Crippen LogP contribution in [0.3, 0.4) is 0 Å². The maximum atomic E-state index is 11.4. The van der Waals surface area contributed by atoms with Gasteiger partial charge >= 0.3 is 5.97 Å². The minimum absolute atomic E-state index is 0.105. The number of ether oxygens (including phenoxy) is 2. The molecule has 1 saturated carbocycles. The number of hydrogen-bond donors (Lipinski definition) is 1. The molecule has 2 aliphatic rings. The standard InChI is InChI=1S/C13H23NO3/c1-8(12(15)16-4)14-10-9-6-5-7-17-11(9)13(10,2)3/h8-11,14H,5-7H2,1-4H3/t8-,9?,10?,11?/m0/s1. The molecule has 1 aliphatic carbocycles. The van der Waals surface area contributed by atoms with E-state index in [-0.39, 0.29) is 17.4 Å². The van der Waals surface area contributed by atoms with E-state index in [4.69, 9.17) is 9.47 Å². The van der Waals surface area contributed by atoms with E-state index in [1.54, 1.807) is 0 Å². The number of nitrogens with one attached hydrogen (secondary N) is 1. The smallest absolute Gasteiger partial charge is 0.322 e. The van der Waals surface area contributed by atoms with Crippen LogP contribution < -0.4 is 5.32 Å². The SMILES string of the molecule is COC(=O)[C@H](C)NC1C2CCCOC2C1(C)C. The minimum Gasteiger partial charge on any atom is -0.468 e. The van der Waals surface area contributed by atoms with E-state index in [0.717, 1.165) is 13.0 Å². The summed E-state index contributed by atoms with van der Waals surface area (Å²) in [6.07, 6.45) is 2.67. The van der Waals surface area contributed by atoms with Gasteiger partial charge in [-0.15, -0.1) is 0 Å². The van der Waals surface area contributed by atoms with Crippen molar-refractivity contribution in [3.63, 3.8) is 0 Å². The fourth-order valence-electron chi connectivity index (χ4n) is 3.37. The van der Waals surface area contributed by atoms with Crippen LogP contribution in [0.15, 0.2) is 0 Å².